The number of methoxy groups -OCH3 is 2. The van der Waals surface area contributed by atoms with Crippen molar-refractivity contribution < 1.29 is 28.8 Å². The third-order valence-electron chi connectivity index (χ3n) is 4.71. The summed E-state index contributed by atoms with van der Waals surface area (Å²) in [5, 5.41) is 1.94. The second-order valence-corrected chi connectivity index (χ2v) is 7.80. The first-order valence-corrected chi connectivity index (χ1v) is 10.0. The molecule has 1 saturated heterocycles. The average molecular weight is 418 g/mol. The highest BCUT2D eigenvalue weighted by atomic mass is 32.1. The molecule has 1 atom stereocenters. The van der Waals surface area contributed by atoms with Crippen molar-refractivity contribution in [3.8, 4) is 11.5 Å². The first-order valence-electron chi connectivity index (χ1n) is 9.16. The quantitative estimate of drug-likeness (QED) is 0.481. The van der Waals surface area contributed by atoms with Crippen LogP contribution in [0.4, 0.5) is 4.79 Å². The molecule has 3 rings (SSSR count). The molecule has 154 valence electrons. The van der Waals surface area contributed by atoms with Crippen LogP contribution in [0.3, 0.4) is 0 Å². The molecular weight excluding hydrogens is 394 g/mol. The summed E-state index contributed by atoms with van der Waals surface area (Å²) in [6, 6.07) is 8.79. The minimum absolute atomic E-state index is 0.0914. The maximum Gasteiger partial charge on any atom is 0.338 e. The Balaban J connectivity index is 1.64. The van der Waals surface area contributed by atoms with Gasteiger partial charge in [-0.25, -0.2) is 9.69 Å². The van der Waals surface area contributed by atoms with Gasteiger partial charge in [0, 0.05) is 29.5 Å². The summed E-state index contributed by atoms with van der Waals surface area (Å²) in [7, 11) is 5.01. The van der Waals surface area contributed by atoms with E-state index in [-0.39, 0.29) is 13.2 Å². The predicted molar refractivity (Wildman–Crippen MR) is 107 cm³/mol. The number of urea groups is 1. The molecule has 1 aliphatic rings. The van der Waals surface area contributed by atoms with Crippen LogP contribution in [0.5, 0.6) is 11.5 Å². The lowest BCUT2D eigenvalue weighted by molar-refractivity contribution is -0.901. The molecule has 1 fully saturated rings. The van der Waals surface area contributed by atoms with Gasteiger partial charge in [-0.2, -0.15) is 0 Å². The maximum atomic E-state index is 12.6. The van der Waals surface area contributed by atoms with Crippen molar-refractivity contribution in [1.29, 1.82) is 0 Å². The molecule has 29 heavy (non-hydrogen) atoms. The molecule has 1 N–H and O–H groups in total. The van der Waals surface area contributed by atoms with Gasteiger partial charge in [0.05, 0.1) is 21.3 Å². The molecule has 0 bridgehead atoms. The molecule has 0 spiro atoms. The Kier molecular flexibility index (Phi) is 6.50. The highest BCUT2D eigenvalue weighted by Crippen LogP contribution is 2.24. The Labute approximate surface area is 173 Å². The zero-order chi connectivity index (χ0) is 21.0. The Hall–Kier alpha value is -2.91. The molecule has 1 aromatic carbocycles. The molecular formula is C20H24N3O5S+. The number of thiophene rings is 1. The first kappa shape index (κ1) is 20.8. The van der Waals surface area contributed by atoms with Crippen molar-refractivity contribution in [2.75, 3.05) is 34.5 Å². The number of carbonyl (C=O) groups excluding carboxylic acids is 3. The van der Waals surface area contributed by atoms with Crippen molar-refractivity contribution >= 4 is 29.2 Å². The van der Waals surface area contributed by atoms with E-state index in [4.69, 9.17) is 9.47 Å². The van der Waals surface area contributed by atoms with E-state index >= 15 is 0 Å². The van der Waals surface area contributed by atoms with E-state index in [1.165, 1.54) is 0 Å². The van der Waals surface area contributed by atoms with Gasteiger partial charge in [-0.1, -0.05) is 6.07 Å². The van der Waals surface area contributed by atoms with Gasteiger partial charge in [0.25, 0.3) is 0 Å². The van der Waals surface area contributed by atoms with Crippen molar-refractivity contribution in [1.82, 2.24) is 9.80 Å². The van der Waals surface area contributed by atoms with Gasteiger partial charge >= 0.3 is 17.8 Å². The van der Waals surface area contributed by atoms with Crippen molar-refractivity contribution in [3.63, 3.8) is 0 Å². The fraction of sp³-hybridized carbons (Fsp3) is 0.350. The molecule has 1 aromatic heterocycles. The summed E-state index contributed by atoms with van der Waals surface area (Å²) in [4.78, 5) is 41.2. The number of hydrogen-bond donors (Lipinski definition) is 1. The van der Waals surface area contributed by atoms with E-state index in [1.54, 1.807) is 31.6 Å². The topological polar surface area (TPSA) is 80.6 Å². The third-order valence-corrected chi connectivity index (χ3v) is 5.65. The summed E-state index contributed by atoms with van der Waals surface area (Å²) in [6.07, 6.45) is 0.544. The highest BCUT2D eigenvalue weighted by molar-refractivity contribution is 7.09. The van der Waals surface area contributed by atoms with Crippen LogP contribution in [0.1, 0.15) is 10.4 Å². The normalized spacial score (nSPS) is 15.2. The van der Waals surface area contributed by atoms with Gasteiger partial charge in [-0.05, 0) is 23.6 Å². The number of carbonyl (C=O) groups is 3. The standard InChI is InChI=1S/C20H23N3O5S/c1-21(12-14-6-7-15(27-2)11-17(14)28-3)13-23-19(25)18(24)22(20(23)26)9-8-16-5-4-10-29-16/h4-7,10-11H,8-9,12-13H2,1-3H3/p+1. The van der Waals surface area contributed by atoms with Crippen LogP contribution >= 0.6 is 11.3 Å². The molecule has 0 aliphatic carbocycles. The van der Waals surface area contributed by atoms with Crippen LogP contribution in [-0.4, -0.2) is 62.1 Å². The van der Waals surface area contributed by atoms with Gasteiger partial charge in [-0.15, -0.1) is 11.3 Å². The lowest BCUT2D eigenvalue weighted by Crippen LogP contribution is -3.09. The summed E-state index contributed by atoms with van der Waals surface area (Å²) < 4.78 is 10.6. The van der Waals surface area contributed by atoms with Crippen LogP contribution in [0, 0.1) is 0 Å². The van der Waals surface area contributed by atoms with Crippen LogP contribution in [0.15, 0.2) is 35.7 Å². The number of hydrogen-bond acceptors (Lipinski definition) is 6. The third kappa shape index (κ3) is 4.57. The van der Waals surface area contributed by atoms with E-state index in [0.29, 0.717) is 24.5 Å². The SMILES string of the molecule is COc1ccc(C[NH+](C)CN2C(=O)C(=O)N(CCc3cccs3)C2=O)c(OC)c1. The smallest absolute Gasteiger partial charge is 0.338 e. The summed E-state index contributed by atoms with van der Waals surface area (Å²) >= 11 is 1.56. The van der Waals surface area contributed by atoms with Crippen LogP contribution in [0.2, 0.25) is 0 Å². The molecule has 2 aromatic rings. The Bertz CT molecular complexity index is 900. The Morgan fingerprint density at radius 2 is 1.79 bits per heavy atom. The second kappa shape index (κ2) is 9.06. The average Bonchev–Trinajstić information content (AvgIpc) is 3.30. The van der Waals surface area contributed by atoms with Crippen LogP contribution in [-0.2, 0) is 22.6 Å². The molecule has 0 saturated carbocycles. The number of benzene rings is 1. The van der Waals surface area contributed by atoms with Crippen LogP contribution in [0.25, 0.3) is 0 Å². The van der Waals surface area contributed by atoms with Gasteiger partial charge in [0.1, 0.15) is 18.0 Å². The number of nitrogens with one attached hydrogen (secondary N) is 1. The highest BCUT2D eigenvalue weighted by Gasteiger charge is 2.45. The Morgan fingerprint density at radius 3 is 2.45 bits per heavy atom. The van der Waals surface area contributed by atoms with Gasteiger partial charge in [0.15, 0.2) is 6.67 Å². The number of imide groups is 2. The van der Waals surface area contributed by atoms with Crippen molar-refractivity contribution in [2.45, 2.75) is 13.0 Å². The van der Waals surface area contributed by atoms with Crippen LogP contribution < -0.4 is 14.4 Å². The van der Waals surface area contributed by atoms with Gasteiger partial charge in [0.2, 0.25) is 0 Å². The van der Waals surface area contributed by atoms with E-state index in [0.717, 1.165) is 25.1 Å². The van der Waals surface area contributed by atoms with Gasteiger partial charge in [-0.3, -0.25) is 14.5 Å². The molecule has 4 amide bonds. The second-order valence-electron chi connectivity index (χ2n) is 6.77. The summed E-state index contributed by atoms with van der Waals surface area (Å²) in [5.74, 6) is -0.194. The minimum atomic E-state index is -0.776. The number of amides is 4. The summed E-state index contributed by atoms with van der Waals surface area (Å²) in [5.41, 5.74) is 0.908. The molecule has 1 unspecified atom stereocenters. The van der Waals surface area contributed by atoms with Crippen molar-refractivity contribution in [2.24, 2.45) is 0 Å². The predicted octanol–water partition coefficient (Wildman–Crippen LogP) is 0.771. The van der Waals surface area contributed by atoms with Gasteiger partial charge < -0.3 is 14.4 Å². The number of ether oxygens (including phenoxy) is 2. The molecule has 8 nitrogen and oxygen atoms in total. The number of rotatable bonds is 9. The largest absolute Gasteiger partial charge is 0.497 e. The lowest BCUT2D eigenvalue weighted by Gasteiger charge is -2.21. The monoisotopic (exact) mass is 418 g/mol. The fourth-order valence-electron chi connectivity index (χ4n) is 3.21. The van der Waals surface area contributed by atoms with E-state index < -0.39 is 17.8 Å². The molecule has 9 heteroatoms. The fourth-order valence-corrected chi connectivity index (χ4v) is 3.91. The minimum Gasteiger partial charge on any atom is -0.497 e. The van der Waals surface area contributed by atoms with Crippen molar-refractivity contribution in [3.05, 3.63) is 46.2 Å². The number of nitrogens with zero attached hydrogens (tertiary/aromatic N) is 2. The molecule has 1 aliphatic heterocycles. The zero-order valence-electron chi connectivity index (χ0n) is 16.6. The lowest BCUT2D eigenvalue weighted by atomic mass is 10.2. The summed E-state index contributed by atoms with van der Waals surface area (Å²) in [6.45, 7) is 0.799. The number of quaternary nitrogens is 1. The molecule has 0 radical (unpaired) electrons. The van der Waals surface area contributed by atoms with E-state index in [9.17, 15) is 14.4 Å². The van der Waals surface area contributed by atoms with E-state index in [1.807, 2.05) is 36.7 Å². The zero-order valence-corrected chi connectivity index (χ0v) is 17.5. The Morgan fingerprint density at radius 1 is 1.03 bits per heavy atom. The van der Waals surface area contributed by atoms with E-state index in [2.05, 4.69) is 0 Å². The first-order chi connectivity index (χ1) is 13.9. The maximum absolute atomic E-state index is 12.6. The molecule has 2 heterocycles.